The fourth-order valence-corrected chi connectivity index (χ4v) is 1.77. The summed E-state index contributed by atoms with van der Waals surface area (Å²) < 4.78 is 1.17. The first-order valence-corrected chi connectivity index (χ1v) is 5.72. The lowest BCUT2D eigenvalue weighted by Gasteiger charge is -1.83. The van der Waals surface area contributed by atoms with Crippen molar-refractivity contribution in [3.8, 4) is 0 Å². The van der Waals surface area contributed by atoms with Crippen LogP contribution in [-0.2, 0) is 0 Å². The summed E-state index contributed by atoms with van der Waals surface area (Å²) in [6.45, 7) is 14.0. The maximum Gasteiger partial charge on any atom is 0.0907 e. The number of hydrogen-bond acceptors (Lipinski definition) is 2. The normalized spacial score (nSPS) is 12.4. The zero-order valence-electron chi connectivity index (χ0n) is 9.72. The summed E-state index contributed by atoms with van der Waals surface area (Å²) in [7, 11) is 0. The highest BCUT2D eigenvalue weighted by atomic mass is 32.1. The van der Waals surface area contributed by atoms with Gasteiger partial charge in [-0.1, -0.05) is 32.1 Å². The molecule has 0 atom stereocenters. The average molecular weight is 209 g/mol. The van der Waals surface area contributed by atoms with E-state index in [1.54, 1.807) is 11.3 Å². The van der Waals surface area contributed by atoms with Gasteiger partial charge in [0.1, 0.15) is 0 Å². The minimum Gasteiger partial charge on any atom is -0.242 e. The summed E-state index contributed by atoms with van der Waals surface area (Å²) in [4.78, 5) is 4.25. The fourth-order valence-electron chi connectivity index (χ4n) is 0.889. The molecule has 0 aromatic carbocycles. The number of nitrogens with zero attached hydrogens (tertiary/aromatic N) is 1. The number of aromatic nitrogens is 1. The molecule has 78 valence electrons. The Labute approximate surface area is 90.5 Å². The Morgan fingerprint density at radius 2 is 2.00 bits per heavy atom. The highest BCUT2D eigenvalue weighted by molar-refractivity contribution is 7.09. The van der Waals surface area contributed by atoms with Gasteiger partial charge in [-0.25, -0.2) is 4.98 Å². The van der Waals surface area contributed by atoms with Crippen molar-refractivity contribution in [2.24, 2.45) is 0 Å². The minimum absolute atomic E-state index is 0.888. The standard InChI is InChI=1S/C10H13NS.C2H6/c1-5-7(2)6-10-8(3)11-9(4)12-10;1-2/h5-6H,3H2,1-2,4H3;1-2H3/b7-5-,10-6+;. The molecule has 0 N–H and O–H groups in total. The van der Waals surface area contributed by atoms with Gasteiger partial charge in [0.25, 0.3) is 0 Å². The van der Waals surface area contributed by atoms with Crippen molar-refractivity contribution in [1.82, 2.24) is 4.98 Å². The van der Waals surface area contributed by atoms with Crippen LogP contribution in [-0.4, -0.2) is 4.98 Å². The zero-order chi connectivity index (χ0) is 11.1. The first-order valence-electron chi connectivity index (χ1n) is 4.90. The quantitative estimate of drug-likeness (QED) is 0.693. The lowest BCUT2D eigenvalue weighted by molar-refractivity contribution is 1.24. The molecule has 0 saturated heterocycles. The van der Waals surface area contributed by atoms with Crippen molar-refractivity contribution < 1.29 is 0 Å². The third-order valence-corrected chi connectivity index (χ3v) is 2.61. The summed E-state index contributed by atoms with van der Waals surface area (Å²) in [5.74, 6) is 0. The Balaban J connectivity index is 0.000000791. The van der Waals surface area contributed by atoms with E-state index < -0.39 is 0 Å². The van der Waals surface area contributed by atoms with E-state index in [1.807, 2.05) is 27.7 Å². The van der Waals surface area contributed by atoms with E-state index in [0.717, 1.165) is 10.4 Å². The number of thiazole rings is 1. The molecule has 1 aromatic rings. The molecule has 2 heteroatoms. The van der Waals surface area contributed by atoms with Gasteiger partial charge in [0.15, 0.2) is 0 Å². The van der Waals surface area contributed by atoms with E-state index in [9.17, 15) is 0 Å². The third-order valence-electron chi connectivity index (χ3n) is 1.65. The van der Waals surface area contributed by atoms with Crippen LogP contribution in [0.3, 0.4) is 0 Å². The van der Waals surface area contributed by atoms with Gasteiger partial charge in [0, 0.05) is 0 Å². The van der Waals surface area contributed by atoms with Crippen molar-refractivity contribution in [1.29, 1.82) is 0 Å². The van der Waals surface area contributed by atoms with Gasteiger partial charge in [-0.2, -0.15) is 0 Å². The van der Waals surface area contributed by atoms with E-state index in [-0.39, 0.29) is 0 Å². The molecule has 0 aliphatic rings. The summed E-state index contributed by atoms with van der Waals surface area (Å²) in [5.41, 5.74) is 1.25. The fraction of sp³-hybridized carbons (Fsp3) is 0.417. The van der Waals surface area contributed by atoms with E-state index in [0.29, 0.717) is 0 Å². The number of aryl methyl sites for hydroxylation is 1. The average Bonchev–Trinajstić information content (AvgIpc) is 2.48. The first kappa shape index (κ1) is 13.1. The molecule has 1 nitrogen and oxygen atoms in total. The number of rotatable bonds is 1. The second-order valence-electron chi connectivity index (χ2n) is 2.72. The lowest BCUT2D eigenvalue weighted by atomic mass is 10.3. The van der Waals surface area contributed by atoms with Gasteiger partial charge < -0.3 is 0 Å². The highest BCUT2D eigenvalue weighted by Crippen LogP contribution is 1.95. The monoisotopic (exact) mass is 209 g/mol. The molecule has 1 aromatic heterocycles. The van der Waals surface area contributed by atoms with Crippen LogP contribution >= 0.6 is 11.3 Å². The Morgan fingerprint density at radius 3 is 2.36 bits per heavy atom. The first-order chi connectivity index (χ1) is 6.63. The van der Waals surface area contributed by atoms with Crippen molar-refractivity contribution in [3.63, 3.8) is 0 Å². The SMILES string of the molecule is C=c1nc(C)s/c1=C/C(C)=C\C.CC. The molecular weight excluding hydrogens is 190 g/mol. The molecule has 0 amide bonds. The summed E-state index contributed by atoms with van der Waals surface area (Å²) in [6.07, 6.45) is 4.20. The summed E-state index contributed by atoms with van der Waals surface area (Å²) in [5, 5.41) is 1.97. The zero-order valence-corrected chi connectivity index (χ0v) is 10.5. The molecular formula is C12H19NS. The van der Waals surface area contributed by atoms with Gasteiger partial charge in [-0.05, 0) is 26.8 Å². The van der Waals surface area contributed by atoms with E-state index in [4.69, 9.17) is 0 Å². The van der Waals surface area contributed by atoms with Gasteiger partial charge in [0.05, 0.1) is 14.9 Å². The Hall–Kier alpha value is -0.890. The smallest absolute Gasteiger partial charge is 0.0907 e. The Bertz CT molecular complexity index is 398. The van der Waals surface area contributed by atoms with E-state index in [1.165, 1.54) is 10.1 Å². The van der Waals surface area contributed by atoms with Crippen LogP contribution in [0.5, 0.6) is 0 Å². The molecule has 14 heavy (non-hydrogen) atoms. The minimum atomic E-state index is 0.888. The van der Waals surface area contributed by atoms with Crippen LogP contribution in [0.15, 0.2) is 11.6 Å². The van der Waals surface area contributed by atoms with Crippen LogP contribution in [0.25, 0.3) is 12.7 Å². The second-order valence-corrected chi connectivity index (χ2v) is 3.96. The molecule has 0 bridgehead atoms. The largest absolute Gasteiger partial charge is 0.242 e. The molecule has 1 heterocycles. The molecule has 0 radical (unpaired) electrons. The summed E-state index contributed by atoms with van der Waals surface area (Å²) >= 11 is 1.69. The topological polar surface area (TPSA) is 12.9 Å². The highest BCUT2D eigenvalue weighted by Gasteiger charge is 1.91. The molecule has 0 aliphatic heterocycles. The van der Waals surface area contributed by atoms with E-state index in [2.05, 4.69) is 30.6 Å². The van der Waals surface area contributed by atoms with Crippen LogP contribution in [0.1, 0.15) is 32.7 Å². The predicted octanol–water partition coefficient (Wildman–Crippen LogP) is 2.63. The van der Waals surface area contributed by atoms with Crippen molar-refractivity contribution in [2.45, 2.75) is 34.6 Å². The van der Waals surface area contributed by atoms with Gasteiger partial charge in [-0.15, -0.1) is 11.3 Å². The van der Waals surface area contributed by atoms with Crippen LogP contribution in [0.2, 0.25) is 0 Å². The van der Waals surface area contributed by atoms with Gasteiger partial charge in [-0.3, -0.25) is 0 Å². The molecule has 0 spiro atoms. The molecule has 0 unspecified atom stereocenters. The Morgan fingerprint density at radius 1 is 1.43 bits per heavy atom. The van der Waals surface area contributed by atoms with Crippen molar-refractivity contribution >= 4 is 24.0 Å². The number of hydrogen-bond donors (Lipinski definition) is 0. The van der Waals surface area contributed by atoms with Crippen molar-refractivity contribution in [3.05, 3.63) is 26.5 Å². The van der Waals surface area contributed by atoms with E-state index >= 15 is 0 Å². The third kappa shape index (κ3) is 3.88. The van der Waals surface area contributed by atoms with Crippen LogP contribution < -0.4 is 9.88 Å². The molecule has 0 aliphatic carbocycles. The molecule has 1 rings (SSSR count). The Kier molecular flexibility index (Phi) is 6.13. The van der Waals surface area contributed by atoms with Gasteiger partial charge >= 0.3 is 0 Å². The van der Waals surface area contributed by atoms with Crippen LogP contribution in [0.4, 0.5) is 0 Å². The van der Waals surface area contributed by atoms with Gasteiger partial charge in [0.2, 0.25) is 0 Å². The second kappa shape index (κ2) is 6.55. The maximum atomic E-state index is 4.25. The van der Waals surface area contributed by atoms with Crippen LogP contribution in [0, 0.1) is 6.92 Å². The lowest BCUT2D eigenvalue weighted by Crippen LogP contribution is -2.18. The number of allylic oxidation sites excluding steroid dienone is 2. The maximum absolute atomic E-state index is 4.25. The molecule has 0 fully saturated rings. The van der Waals surface area contributed by atoms with Crippen molar-refractivity contribution in [2.75, 3.05) is 0 Å². The summed E-state index contributed by atoms with van der Waals surface area (Å²) in [6, 6.07) is 0. The molecule has 0 saturated carbocycles. The predicted molar refractivity (Wildman–Crippen MR) is 66.9 cm³/mol.